The third-order valence-corrected chi connectivity index (χ3v) is 6.45. The van der Waals surface area contributed by atoms with Gasteiger partial charge in [0.15, 0.2) is 0 Å². The summed E-state index contributed by atoms with van der Waals surface area (Å²) >= 11 is 27.1. The van der Waals surface area contributed by atoms with Crippen LogP contribution in [0.4, 0.5) is 0 Å². The molecule has 174 valence electrons. The highest BCUT2D eigenvalue weighted by molar-refractivity contribution is 9.10. The van der Waals surface area contributed by atoms with Crippen molar-refractivity contribution in [2.75, 3.05) is 0 Å². The van der Waals surface area contributed by atoms with Gasteiger partial charge in [-0.25, -0.2) is 0 Å². The molecular formula is C23H21BrCl3N3O2S. The second kappa shape index (κ2) is 11.2. The number of ether oxygens (including phenoxy) is 1. The number of aromatic nitrogens is 1. The number of rotatable bonds is 8. The van der Waals surface area contributed by atoms with Crippen molar-refractivity contribution in [3.63, 3.8) is 0 Å². The van der Waals surface area contributed by atoms with Crippen LogP contribution in [0.3, 0.4) is 0 Å². The molecule has 0 aliphatic rings. The molecule has 2 aromatic carbocycles. The van der Waals surface area contributed by atoms with E-state index < -0.39 is 5.54 Å². The van der Waals surface area contributed by atoms with E-state index >= 15 is 0 Å². The number of hydrogen-bond donors (Lipinski definition) is 1. The largest absolute Gasteiger partial charge is 0.484 e. The van der Waals surface area contributed by atoms with Gasteiger partial charge in [-0.1, -0.05) is 52.2 Å². The molecule has 0 amide bonds. The zero-order valence-corrected chi connectivity index (χ0v) is 22.7. The van der Waals surface area contributed by atoms with Crippen molar-refractivity contribution in [2.24, 2.45) is 5.16 Å². The average Bonchev–Trinajstić information content (AvgIpc) is 2.74. The predicted octanol–water partition coefficient (Wildman–Crippen LogP) is 7.62. The van der Waals surface area contributed by atoms with E-state index in [0.717, 1.165) is 15.4 Å². The fourth-order valence-corrected chi connectivity index (χ4v) is 4.10. The lowest BCUT2D eigenvalue weighted by atomic mass is 10.1. The molecule has 1 heterocycles. The Balaban J connectivity index is 1.55. The summed E-state index contributed by atoms with van der Waals surface area (Å²) in [5.74, 6) is 0.701. The highest BCUT2D eigenvalue weighted by atomic mass is 79.9. The molecule has 0 bridgehead atoms. The number of pyridine rings is 1. The molecule has 5 nitrogen and oxygen atoms in total. The van der Waals surface area contributed by atoms with Gasteiger partial charge < -0.3 is 14.9 Å². The first-order valence-electron chi connectivity index (χ1n) is 9.88. The van der Waals surface area contributed by atoms with Crippen molar-refractivity contribution in [2.45, 2.75) is 39.0 Å². The van der Waals surface area contributed by atoms with Crippen molar-refractivity contribution < 1.29 is 9.57 Å². The smallest absolute Gasteiger partial charge is 0.146 e. The van der Waals surface area contributed by atoms with Gasteiger partial charge in [0.1, 0.15) is 23.4 Å². The van der Waals surface area contributed by atoms with Crippen LogP contribution in [0.2, 0.25) is 15.1 Å². The molecule has 0 spiro atoms. The lowest BCUT2D eigenvalue weighted by Gasteiger charge is -2.26. The molecule has 3 aromatic rings. The maximum atomic E-state index is 6.16. The molecule has 33 heavy (non-hydrogen) atoms. The molecule has 1 unspecified atom stereocenters. The van der Waals surface area contributed by atoms with Crippen molar-refractivity contribution in [3.05, 3.63) is 67.7 Å². The van der Waals surface area contributed by atoms with E-state index in [9.17, 15) is 0 Å². The lowest BCUT2D eigenvalue weighted by molar-refractivity contribution is 0.130. The van der Waals surface area contributed by atoms with Crippen molar-refractivity contribution in [1.29, 1.82) is 0 Å². The fourth-order valence-electron chi connectivity index (χ4n) is 2.82. The highest BCUT2D eigenvalue weighted by Crippen LogP contribution is 2.29. The van der Waals surface area contributed by atoms with Gasteiger partial charge in [0.2, 0.25) is 0 Å². The molecule has 1 atom stereocenters. The molecule has 0 radical (unpaired) electrons. The van der Waals surface area contributed by atoms with Gasteiger partial charge in [-0.15, -0.1) is 0 Å². The van der Waals surface area contributed by atoms with Crippen LogP contribution < -0.4 is 10.1 Å². The van der Waals surface area contributed by atoms with Gasteiger partial charge in [0.25, 0.3) is 0 Å². The standard InChI is InChI=1S/C23H21BrCl3N3O2S/c1-13(32-17-4-5-21-14(7-17)6-16(24)10-28-21)22(33)30-23(2,3)12-29-31-11-15-8-19(26)20(27)9-18(15)25/h4-10,12-13H,11H2,1-3H3,(H,30,33). The third kappa shape index (κ3) is 7.42. The van der Waals surface area contributed by atoms with Crippen molar-refractivity contribution >= 4 is 85.1 Å². The summed E-state index contributed by atoms with van der Waals surface area (Å²) in [7, 11) is 0. The fraction of sp³-hybridized carbons (Fsp3) is 0.261. The van der Waals surface area contributed by atoms with Crippen molar-refractivity contribution in [3.8, 4) is 5.75 Å². The summed E-state index contributed by atoms with van der Waals surface area (Å²) in [6.45, 7) is 5.88. The minimum Gasteiger partial charge on any atom is -0.484 e. The van der Waals surface area contributed by atoms with E-state index in [1.54, 1.807) is 24.5 Å². The van der Waals surface area contributed by atoms with E-state index in [0.29, 0.717) is 31.4 Å². The quantitative estimate of drug-likeness (QED) is 0.127. The molecule has 0 fully saturated rings. The third-order valence-electron chi connectivity index (χ3n) is 4.51. The molecule has 0 saturated carbocycles. The summed E-state index contributed by atoms with van der Waals surface area (Å²) < 4.78 is 6.93. The van der Waals surface area contributed by atoms with Crippen LogP contribution in [0, 0.1) is 0 Å². The SMILES string of the molecule is CC(Oc1ccc2ncc(Br)cc2c1)C(=S)NC(C)(C)C=NOCc1cc(Cl)c(Cl)cc1Cl. The Morgan fingerprint density at radius 1 is 1.18 bits per heavy atom. The Morgan fingerprint density at radius 2 is 1.91 bits per heavy atom. The Labute approximate surface area is 221 Å². The van der Waals surface area contributed by atoms with E-state index in [4.69, 9.17) is 56.6 Å². The van der Waals surface area contributed by atoms with Crippen molar-refractivity contribution in [1.82, 2.24) is 10.3 Å². The Morgan fingerprint density at radius 3 is 2.67 bits per heavy atom. The number of hydrogen-bond acceptors (Lipinski definition) is 5. The molecule has 0 aliphatic heterocycles. The van der Waals surface area contributed by atoms with Gasteiger partial charge in [-0.3, -0.25) is 4.98 Å². The zero-order chi connectivity index (χ0) is 24.2. The first-order valence-corrected chi connectivity index (χ1v) is 12.2. The summed E-state index contributed by atoms with van der Waals surface area (Å²) in [6.07, 6.45) is 3.02. The van der Waals surface area contributed by atoms with Crippen LogP contribution in [0.25, 0.3) is 10.9 Å². The second-order valence-corrected chi connectivity index (χ2v) is 10.4. The molecule has 10 heteroatoms. The Bertz CT molecular complexity index is 1210. The topological polar surface area (TPSA) is 55.7 Å². The average molecular weight is 590 g/mol. The molecule has 1 N–H and O–H groups in total. The monoisotopic (exact) mass is 587 g/mol. The number of oxime groups is 1. The van der Waals surface area contributed by atoms with Gasteiger partial charge in [0, 0.05) is 26.6 Å². The van der Waals surface area contributed by atoms with Crippen LogP contribution in [0.1, 0.15) is 26.3 Å². The van der Waals surface area contributed by atoms with Crippen LogP contribution >= 0.6 is 63.0 Å². The normalized spacial score (nSPS) is 12.7. The van der Waals surface area contributed by atoms with Crippen LogP contribution in [0.5, 0.6) is 5.75 Å². The number of fused-ring (bicyclic) bond motifs is 1. The van der Waals surface area contributed by atoms with Crippen LogP contribution in [0.15, 0.2) is 52.2 Å². The Hall–Kier alpha value is -1.64. The van der Waals surface area contributed by atoms with E-state index in [1.807, 2.05) is 45.0 Å². The first kappa shape index (κ1) is 26.0. The molecule has 0 saturated heterocycles. The van der Waals surface area contributed by atoms with Gasteiger partial charge in [-0.2, -0.15) is 0 Å². The Kier molecular flexibility index (Phi) is 8.81. The summed E-state index contributed by atoms with van der Waals surface area (Å²) in [5, 5.41) is 9.50. The molecule has 0 aliphatic carbocycles. The first-order chi connectivity index (χ1) is 15.5. The number of benzene rings is 2. The minimum atomic E-state index is -0.575. The highest BCUT2D eigenvalue weighted by Gasteiger charge is 2.21. The van der Waals surface area contributed by atoms with E-state index in [-0.39, 0.29) is 12.7 Å². The number of halogens is 4. The van der Waals surface area contributed by atoms with E-state index in [2.05, 4.69) is 31.4 Å². The van der Waals surface area contributed by atoms with Crippen LogP contribution in [-0.2, 0) is 11.4 Å². The molecule has 1 aromatic heterocycles. The van der Waals surface area contributed by atoms with Gasteiger partial charge in [0.05, 0.1) is 27.3 Å². The predicted molar refractivity (Wildman–Crippen MR) is 144 cm³/mol. The maximum Gasteiger partial charge on any atom is 0.146 e. The zero-order valence-electron chi connectivity index (χ0n) is 18.0. The van der Waals surface area contributed by atoms with E-state index in [1.165, 1.54) is 0 Å². The summed E-state index contributed by atoms with van der Waals surface area (Å²) in [5.41, 5.74) is 0.997. The summed E-state index contributed by atoms with van der Waals surface area (Å²) in [4.78, 5) is 10.3. The second-order valence-electron chi connectivity index (χ2n) is 7.84. The minimum absolute atomic E-state index is 0.152. The molecule has 3 rings (SSSR count). The lowest BCUT2D eigenvalue weighted by Crippen LogP contribution is -2.48. The van der Waals surface area contributed by atoms with Gasteiger partial charge in [-0.05, 0) is 73.1 Å². The molecular weight excluding hydrogens is 569 g/mol. The number of thiocarbonyl (C=S) groups is 1. The van der Waals surface area contributed by atoms with Gasteiger partial charge >= 0.3 is 0 Å². The number of nitrogens with one attached hydrogen (secondary N) is 1. The number of nitrogens with zero attached hydrogens (tertiary/aromatic N) is 2. The summed E-state index contributed by atoms with van der Waals surface area (Å²) in [6, 6.07) is 10.9. The van der Waals surface area contributed by atoms with Crippen LogP contribution in [-0.4, -0.2) is 27.8 Å². The maximum absolute atomic E-state index is 6.16.